The molecule has 0 spiro atoms. The van der Waals surface area contributed by atoms with Gasteiger partial charge < -0.3 is 15.2 Å². The van der Waals surface area contributed by atoms with Gasteiger partial charge in [-0.1, -0.05) is 17.7 Å². The highest BCUT2D eigenvalue weighted by Crippen LogP contribution is 2.32. The Balaban J connectivity index is 1.62. The number of aromatic hydroxyl groups is 1. The molecule has 0 fully saturated rings. The Labute approximate surface area is 197 Å². The topological polar surface area (TPSA) is 90.6 Å². The third kappa shape index (κ3) is 4.95. The normalized spacial score (nSPS) is 11.4. The number of phenols is 1. The fourth-order valence-electron chi connectivity index (χ4n) is 2.90. The van der Waals surface area contributed by atoms with Crippen LogP contribution >= 0.6 is 34.2 Å². The molecule has 6 nitrogen and oxygen atoms in total. The highest BCUT2D eigenvalue weighted by Gasteiger charge is 2.09. The van der Waals surface area contributed by atoms with Gasteiger partial charge in [0.15, 0.2) is 0 Å². The maximum absolute atomic E-state index is 9.38. The lowest BCUT2D eigenvalue weighted by molar-refractivity contribution is 0.475. The Morgan fingerprint density at radius 3 is 2.65 bits per heavy atom. The number of hydrogen-bond acceptors (Lipinski definition) is 6. The first kappa shape index (κ1) is 21.1. The Morgan fingerprint density at radius 2 is 1.90 bits per heavy atom. The summed E-state index contributed by atoms with van der Waals surface area (Å²) in [4.78, 5) is 4.64. The van der Waals surface area contributed by atoms with Crippen LogP contribution in [0.4, 0.5) is 5.69 Å². The number of benzene rings is 3. The van der Waals surface area contributed by atoms with Crippen LogP contribution in [0.15, 0.2) is 84.1 Å². The highest BCUT2D eigenvalue weighted by atomic mass is 127. The monoisotopic (exact) mass is 542 g/mol. The molecule has 31 heavy (non-hydrogen) atoms. The minimum Gasteiger partial charge on any atom is -0.508 e. The van der Waals surface area contributed by atoms with E-state index in [9.17, 15) is 5.11 Å². The third-order valence-electron chi connectivity index (χ3n) is 4.44. The van der Waals surface area contributed by atoms with Crippen molar-refractivity contribution in [3.63, 3.8) is 0 Å². The van der Waals surface area contributed by atoms with Gasteiger partial charge in [-0.15, -0.1) is 0 Å². The Kier molecular flexibility index (Phi) is 6.34. The summed E-state index contributed by atoms with van der Waals surface area (Å²) in [7, 11) is 0. The average Bonchev–Trinajstić information content (AvgIpc) is 2.78. The number of fused-ring (bicyclic) bond motifs is 1. The predicted molar refractivity (Wildman–Crippen MR) is 131 cm³/mol. The molecule has 0 saturated heterocycles. The first-order valence-corrected chi connectivity index (χ1v) is 10.7. The van der Waals surface area contributed by atoms with Crippen molar-refractivity contribution in [3.05, 3.63) is 93.3 Å². The number of aromatic nitrogens is 1. The number of halogens is 2. The zero-order valence-corrected chi connectivity index (χ0v) is 18.9. The molecule has 0 bridgehead atoms. The van der Waals surface area contributed by atoms with E-state index < -0.39 is 0 Å². The number of phenolic OH excluding ortho intramolecular Hbond substituents is 1. The summed E-state index contributed by atoms with van der Waals surface area (Å²) in [5.41, 5.74) is 9.93. The average molecular weight is 543 g/mol. The fourth-order valence-corrected chi connectivity index (χ4v) is 3.50. The molecule has 0 aliphatic heterocycles. The molecule has 0 aliphatic rings. The Hall–Kier alpha value is -3.17. The van der Waals surface area contributed by atoms with Crippen LogP contribution in [0.5, 0.6) is 17.2 Å². The quantitative estimate of drug-likeness (QED) is 0.134. The van der Waals surface area contributed by atoms with Crippen LogP contribution in [0.3, 0.4) is 0 Å². The van der Waals surface area contributed by atoms with E-state index in [-0.39, 0.29) is 5.75 Å². The largest absolute Gasteiger partial charge is 0.508 e. The maximum atomic E-state index is 9.38. The second kappa shape index (κ2) is 9.32. The summed E-state index contributed by atoms with van der Waals surface area (Å²) in [5.74, 6) is 1.54. The van der Waals surface area contributed by atoms with Crippen LogP contribution in [0.2, 0.25) is 5.02 Å². The summed E-state index contributed by atoms with van der Waals surface area (Å²) < 4.78 is 6.97. The summed E-state index contributed by atoms with van der Waals surface area (Å²) in [6.45, 7) is 0. The van der Waals surface area contributed by atoms with Crippen molar-refractivity contribution in [3.8, 4) is 17.2 Å². The van der Waals surface area contributed by atoms with E-state index in [0.717, 1.165) is 20.2 Å². The number of anilines is 1. The zero-order chi connectivity index (χ0) is 21.8. The van der Waals surface area contributed by atoms with Gasteiger partial charge in [-0.25, -0.2) is 10.5 Å². The van der Waals surface area contributed by atoms with Gasteiger partial charge in [-0.2, -0.15) is 5.11 Å². The van der Waals surface area contributed by atoms with Gasteiger partial charge in [0.1, 0.15) is 22.9 Å². The van der Waals surface area contributed by atoms with Gasteiger partial charge in [0.25, 0.3) is 0 Å². The zero-order valence-electron chi connectivity index (χ0n) is 16.0. The van der Waals surface area contributed by atoms with Crippen molar-refractivity contribution in [2.75, 3.05) is 5.32 Å². The molecule has 0 unspecified atom stereocenters. The lowest BCUT2D eigenvalue weighted by Crippen LogP contribution is -1.94. The van der Waals surface area contributed by atoms with E-state index in [1.54, 1.807) is 42.6 Å². The minimum absolute atomic E-state index is 0.183. The number of rotatable bonds is 6. The van der Waals surface area contributed by atoms with E-state index in [4.69, 9.17) is 21.9 Å². The van der Waals surface area contributed by atoms with Crippen molar-refractivity contribution < 1.29 is 9.84 Å². The van der Waals surface area contributed by atoms with E-state index in [1.165, 1.54) is 0 Å². The van der Waals surface area contributed by atoms with Crippen LogP contribution in [0, 0.1) is 9.10 Å². The minimum atomic E-state index is 0.183. The maximum Gasteiger partial charge on any atom is 0.136 e. The lowest BCUT2D eigenvalue weighted by atomic mass is 10.1. The second-order valence-electron chi connectivity index (χ2n) is 6.53. The number of nitrogens with zero attached hydrogens (tertiary/aromatic N) is 2. The van der Waals surface area contributed by atoms with Crippen molar-refractivity contribution in [1.29, 1.82) is 5.53 Å². The van der Waals surface area contributed by atoms with Crippen LogP contribution in [-0.4, -0.2) is 10.1 Å². The molecule has 1 aromatic heterocycles. The molecule has 3 N–H and O–H groups in total. The fraction of sp³-hybridized carbons (Fsp3) is 0. The van der Waals surface area contributed by atoms with Gasteiger partial charge in [0.2, 0.25) is 0 Å². The Bertz CT molecular complexity index is 1290. The van der Waals surface area contributed by atoms with Gasteiger partial charge >= 0.3 is 0 Å². The molecule has 0 radical (unpaired) electrons. The van der Waals surface area contributed by atoms with Crippen molar-refractivity contribution in [1.82, 2.24) is 4.98 Å². The van der Waals surface area contributed by atoms with Crippen molar-refractivity contribution in [2.45, 2.75) is 0 Å². The van der Waals surface area contributed by atoms with Crippen LogP contribution in [-0.2, 0) is 0 Å². The Morgan fingerprint density at radius 1 is 1.10 bits per heavy atom. The molecule has 4 aromatic rings. The molecular formula is C23H16ClIN4O2. The standard InChI is InChI=1S/C23H16ClIN4O2/c24-18-10-8-16(12-19(18)25)31-23-3-1-2-20-17(23)9-11-21(28-20)22(29-26)13-27-14-4-6-15(30)7-5-14/h1-13,26-27,30H/b22-13-,29-26?. The van der Waals surface area contributed by atoms with Crippen LogP contribution in [0.1, 0.15) is 5.69 Å². The smallest absolute Gasteiger partial charge is 0.136 e. The van der Waals surface area contributed by atoms with Gasteiger partial charge in [-0.05, 0) is 89.3 Å². The number of ether oxygens (including phenoxy) is 1. The van der Waals surface area contributed by atoms with Gasteiger partial charge in [0.05, 0.1) is 16.2 Å². The van der Waals surface area contributed by atoms with Crippen LogP contribution < -0.4 is 10.1 Å². The third-order valence-corrected chi connectivity index (χ3v) is 5.98. The number of pyridine rings is 1. The molecule has 1 heterocycles. The number of nitrogens with one attached hydrogen (secondary N) is 2. The molecular weight excluding hydrogens is 527 g/mol. The van der Waals surface area contributed by atoms with E-state index in [2.05, 4.69) is 38.0 Å². The van der Waals surface area contributed by atoms with E-state index in [0.29, 0.717) is 27.9 Å². The summed E-state index contributed by atoms with van der Waals surface area (Å²) in [6.07, 6.45) is 1.60. The van der Waals surface area contributed by atoms with Gasteiger partial charge in [-0.3, -0.25) is 0 Å². The molecule has 4 rings (SSSR count). The SMILES string of the molecule is N=N/C(=C\Nc1ccc(O)cc1)c1ccc2c(Oc3ccc(Cl)c(I)c3)cccc2n1. The molecule has 0 aliphatic carbocycles. The lowest BCUT2D eigenvalue weighted by Gasteiger charge is -2.10. The molecule has 154 valence electrons. The highest BCUT2D eigenvalue weighted by molar-refractivity contribution is 14.1. The van der Waals surface area contributed by atoms with E-state index in [1.807, 2.05) is 36.4 Å². The van der Waals surface area contributed by atoms with Crippen molar-refractivity contribution >= 4 is 56.5 Å². The van der Waals surface area contributed by atoms with Gasteiger partial charge in [0, 0.05) is 20.8 Å². The first-order chi connectivity index (χ1) is 15.0. The first-order valence-electron chi connectivity index (χ1n) is 9.20. The second-order valence-corrected chi connectivity index (χ2v) is 8.10. The van der Waals surface area contributed by atoms with Crippen LogP contribution in [0.25, 0.3) is 16.6 Å². The predicted octanol–water partition coefficient (Wildman–Crippen LogP) is 7.43. The summed E-state index contributed by atoms with van der Waals surface area (Å²) >= 11 is 8.26. The number of hydrogen-bond donors (Lipinski definition) is 3. The summed E-state index contributed by atoms with van der Waals surface area (Å²) in [5, 5.41) is 17.6. The summed E-state index contributed by atoms with van der Waals surface area (Å²) in [6, 6.07) is 21.4. The molecule has 0 saturated carbocycles. The molecule has 0 atom stereocenters. The van der Waals surface area contributed by atoms with Crippen molar-refractivity contribution in [2.24, 2.45) is 5.11 Å². The molecule has 0 amide bonds. The van der Waals surface area contributed by atoms with E-state index >= 15 is 0 Å². The molecule has 8 heteroatoms. The molecule has 3 aromatic carbocycles.